The van der Waals surface area contributed by atoms with Crippen molar-refractivity contribution in [3.63, 3.8) is 0 Å². The molecule has 1 N–H and O–H groups in total. The van der Waals surface area contributed by atoms with Gasteiger partial charge in [0.05, 0.1) is 18.2 Å². The van der Waals surface area contributed by atoms with Crippen LogP contribution < -0.4 is 5.32 Å². The molecule has 0 aliphatic heterocycles. The van der Waals surface area contributed by atoms with E-state index in [1.807, 2.05) is 0 Å². The second kappa shape index (κ2) is 6.49. The van der Waals surface area contributed by atoms with Crippen molar-refractivity contribution in [3.05, 3.63) is 63.9 Å². The number of esters is 1. The van der Waals surface area contributed by atoms with Crippen LogP contribution in [0.4, 0.5) is 10.1 Å². The van der Waals surface area contributed by atoms with Crippen LogP contribution in [0.2, 0.25) is 0 Å². The molecule has 0 heterocycles. The van der Waals surface area contributed by atoms with E-state index in [0.717, 1.165) is 0 Å². The van der Waals surface area contributed by atoms with Gasteiger partial charge in [0, 0.05) is 10.2 Å². The van der Waals surface area contributed by atoms with Crippen molar-refractivity contribution < 1.29 is 18.7 Å². The second-order valence-corrected chi connectivity index (χ2v) is 5.06. The maximum Gasteiger partial charge on any atom is 0.337 e. The molecule has 6 heteroatoms. The maximum atomic E-state index is 13.6. The normalized spacial score (nSPS) is 10.0. The smallest absolute Gasteiger partial charge is 0.337 e. The molecule has 0 saturated heterocycles. The van der Waals surface area contributed by atoms with Gasteiger partial charge in [-0.2, -0.15) is 0 Å². The first kappa shape index (κ1) is 15.2. The van der Waals surface area contributed by atoms with Gasteiger partial charge < -0.3 is 10.1 Å². The largest absolute Gasteiger partial charge is 0.465 e. The number of nitrogens with one attached hydrogen (secondary N) is 1. The van der Waals surface area contributed by atoms with Crippen LogP contribution in [0.5, 0.6) is 0 Å². The molecule has 0 unspecified atom stereocenters. The van der Waals surface area contributed by atoms with Crippen molar-refractivity contribution in [1.29, 1.82) is 0 Å². The Kier molecular flexibility index (Phi) is 4.70. The molecule has 0 atom stereocenters. The highest BCUT2D eigenvalue weighted by molar-refractivity contribution is 9.10. The zero-order valence-corrected chi connectivity index (χ0v) is 12.6. The molecule has 0 radical (unpaired) electrons. The predicted molar refractivity (Wildman–Crippen MR) is 79.8 cm³/mol. The minimum atomic E-state index is -0.609. The van der Waals surface area contributed by atoms with E-state index >= 15 is 0 Å². The monoisotopic (exact) mass is 351 g/mol. The zero-order valence-electron chi connectivity index (χ0n) is 11.0. The molecular weight excluding hydrogens is 341 g/mol. The standard InChI is InChI=1S/C15H11BrFNO3/c1-21-15(20)9-2-5-11(6-3-9)18-14(19)12-8-10(16)4-7-13(12)17/h2-8H,1H3,(H,18,19). The number of amides is 1. The number of halogens is 2. The van der Waals surface area contributed by atoms with Crippen LogP contribution in [0.1, 0.15) is 20.7 Å². The quantitative estimate of drug-likeness (QED) is 0.859. The van der Waals surface area contributed by atoms with Crippen molar-refractivity contribution in [3.8, 4) is 0 Å². The van der Waals surface area contributed by atoms with Crippen LogP contribution in [0.25, 0.3) is 0 Å². The van der Waals surface area contributed by atoms with Gasteiger partial charge in [-0.3, -0.25) is 4.79 Å². The summed E-state index contributed by atoms with van der Waals surface area (Å²) in [5.41, 5.74) is 0.748. The summed E-state index contributed by atoms with van der Waals surface area (Å²) in [6.07, 6.45) is 0. The second-order valence-electron chi connectivity index (χ2n) is 4.15. The van der Waals surface area contributed by atoms with Crippen molar-refractivity contribution >= 4 is 33.5 Å². The number of anilines is 1. The molecule has 0 aromatic heterocycles. The number of ether oxygens (including phenoxy) is 1. The lowest BCUT2D eigenvalue weighted by Crippen LogP contribution is -2.14. The van der Waals surface area contributed by atoms with Gasteiger partial charge >= 0.3 is 5.97 Å². The number of rotatable bonds is 3. The van der Waals surface area contributed by atoms with Gasteiger partial charge in [-0.25, -0.2) is 9.18 Å². The Morgan fingerprint density at radius 2 is 1.81 bits per heavy atom. The highest BCUT2D eigenvalue weighted by Gasteiger charge is 2.13. The van der Waals surface area contributed by atoms with Crippen LogP contribution in [0.15, 0.2) is 46.9 Å². The van der Waals surface area contributed by atoms with Crippen LogP contribution in [-0.4, -0.2) is 19.0 Å². The average molecular weight is 352 g/mol. The number of methoxy groups -OCH3 is 1. The summed E-state index contributed by atoms with van der Waals surface area (Å²) >= 11 is 3.19. The van der Waals surface area contributed by atoms with Crippen molar-refractivity contribution in [2.45, 2.75) is 0 Å². The number of carbonyl (C=O) groups excluding carboxylic acids is 2. The van der Waals surface area contributed by atoms with Gasteiger partial charge in [-0.1, -0.05) is 15.9 Å². The molecule has 0 spiro atoms. The van der Waals surface area contributed by atoms with E-state index in [-0.39, 0.29) is 5.56 Å². The van der Waals surface area contributed by atoms with Crippen LogP contribution in [0, 0.1) is 5.82 Å². The molecule has 0 fully saturated rings. The molecule has 21 heavy (non-hydrogen) atoms. The maximum absolute atomic E-state index is 13.6. The Labute approximate surface area is 129 Å². The van der Waals surface area contributed by atoms with Gasteiger partial charge in [0.25, 0.3) is 5.91 Å². The Hall–Kier alpha value is -2.21. The fourth-order valence-electron chi connectivity index (χ4n) is 1.68. The Morgan fingerprint density at radius 3 is 2.43 bits per heavy atom. The number of carbonyl (C=O) groups is 2. The molecule has 0 aliphatic rings. The zero-order chi connectivity index (χ0) is 15.4. The number of hydrogen-bond acceptors (Lipinski definition) is 3. The molecule has 4 nitrogen and oxygen atoms in total. The summed E-state index contributed by atoms with van der Waals surface area (Å²) in [5.74, 6) is -1.65. The molecule has 0 bridgehead atoms. The number of benzene rings is 2. The van der Waals surface area contributed by atoms with Gasteiger partial charge in [0.15, 0.2) is 0 Å². The van der Waals surface area contributed by atoms with Gasteiger partial charge in [-0.05, 0) is 42.5 Å². The molecule has 1 amide bonds. The van der Waals surface area contributed by atoms with E-state index in [2.05, 4.69) is 26.0 Å². The summed E-state index contributed by atoms with van der Waals surface area (Å²) < 4.78 is 18.8. The molecule has 0 saturated carbocycles. The van der Waals surface area contributed by atoms with Crippen LogP contribution in [0.3, 0.4) is 0 Å². The Bertz CT molecular complexity index is 686. The number of hydrogen-bond donors (Lipinski definition) is 1. The molecule has 2 aromatic carbocycles. The van der Waals surface area contributed by atoms with Crippen LogP contribution >= 0.6 is 15.9 Å². The van der Waals surface area contributed by atoms with E-state index in [0.29, 0.717) is 15.7 Å². The van der Waals surface area contributed by atoms with Gasteiger partial charge in [0.2, 0.25) is 0 Å². The highest BCUT2D eigenvalue weighted by atomic mass is 79.9. The molecule has 2 rings (SSSR count). The lowest BCUT2D eigenvalue weighted by Gasteiger charge is -2.07. The first-order valence-corrected chi connectivity index (χ1v) is 6.75. The summed E-state index contributed by atoms with van der Waals surface area (Å²) in [5, 5.41) is 2.56. The SMILES string of the molecule is COC(=O)c1ccc(NC(=O)c2cc(Br)ccc2F)cc1. The fraction of sp³-hybridized carbons (Fsp3) is 0.0667. The predicted octanol–water partition coefficient (Wildman–Crippen LogP) is 3.63. The molecule has 0 aliphatic carbocycles. The van der Waals surface area contributed by atoms with Gasteiger partial charge in [-0.15, -0.1) is 0 Å². The molecule has 2 aromatic rings. The van der Waals surface area contributed by atoms with E-state index < -0.39 is 17.7 Å². The topological polar surface area (TPSA) is 55.4 Å². The lowest BCUT2D eigenvalue weighted by molar-refractivity contribution is 0.0600. The van der Waals surface area contributed by atoms with Gasteiger partial charge in [0.1, 0.15) is 5.82 Å². The van der Waals surface area contributed by atoms with Crippen LogP contribution in [-0.2, 0) is 4.74 Å². The fourth-order valence-corrected chi connectivity index (χ4v) is 2.04. The Balaban J connectivity index is 2.16. The third-order valence-corrected chi connectivity index (χ3v) is 3.23. The average Bonchev–Trinajstić information content (AvgIpc) is 2.49. The summed E-state index contributed by atoms with van der Waals surface area (Å²) in [6, 6.07) is 10.2. The third kappa shape index (κ3) is 3.66. The first-order chi connectivity index (χ1) is 10.0. The first-order valence-electron chi connectivity index (χ1n) is 5.96. The summed E-state index contributed by atoms with van der Waals surface area (Å²) in [4.78, 5) is 23.3. The van der Waals surface area contributed by atoms with Crippen molar-refractivity contribution in [2.24, 2.45) is 0 Å². The van der Waals surface area contributed by atoms with Crippen molar-refractivity contribution in [1.82, 2.24) is 0 Å². The Morgan fingerprint density at radius 1 is 1.14 bits per heavy atom. The minimum absolute atomic E-state index is 0.0681. The van der Waals surface area contributed by atoms with E-state index in [1.165, 1.54) is 37.4 Å². The summed E-state index contributed by atoms with van der Waals surface area (Å²) in [7, 11) is 1.29. The highest BCUT2D eigenvalue weighted by Crippen LogP contribution is 2.18. The summed E-state index contributed by atoms with van der Waals surface area (Å²) in [6.45, 7) is 0. The third-order valence-electron chi connectivity index (χ3n) is 2.74. The lowest BCUT2D eigenvalue weighted by atomic mass is 10.1. The minimum Gasteiger partial charge on any atom is -0.465 e. The van der Waals surface area contributed by atoms with Crippen molar-refractivity contribution in [2.75, 3.05) is 12.4 Å². The van der Waals surface area contributed by atoms with E-state index in [4.69, 9.17) is 0 Å². The molecule has 108 valence electrons. The van der Waals surface area contributed by atoms with E-state index in [1.54, 1.807) is 12.1 Å². The molecular formula is C15H11BrFNO3. The van der Waals surface area contributed by atoms with E-state index in [9.17, 15) is 14.0 Å².